The molecule has 1 aliphatic rings. The third-order valence-corrected chi connectivity index (χ3v) is 5.88. The number of sulfonamides is 1. The molecule has 0 aliphatic carbocycles. The van der Waals surface area contributed by atoms with Crippen LogP contribution in [0, 0.1) is 5.92 Å². The fraction of sp³-hybridized carbons (Fsp3) is 0.533. The molecule has 0 unspecified atom stereocenters. The maximum absolute atomic E-state index is 12.8. The van der Waals surface area contributed by atoms with E-state index in [1.54, 1.807) is 0 Å². The van der Waals surface area contributed by atoms with Crippen LogP contribution in [0.1, 0.15) is 23.2 Å². The van der Waals surface area contributed by atoms with Gasteiger partial charge in [0.1, 0.15) is 0 Å². The average molecular weight is 364 g/mol. The van der Waals surface area contributed by atoms with Crippen LogP contribution in [0.2, 0.25) is 0 Å². The van der Waals surface area contributed by atoms with Gasteiger partial charge in [0.05, 0.1) is 10.8 Å². The lowest BCUT2D eigenvalue weighted by molar-refractivity contribution is -0.184. The van der Waals surface area contributed by atoms with Gasteiger partial charge in [-0.15, -0.1) is 0 Å². The molecular formula is C15H19F3N2O3S. The Morgan fingerprint density at radius 1 is 1.21 bits per heavy atom. The second-order valence-corrected chi connectivity index (χ2v) is 8.10. The summed E-state index contributed by atoms with van der Waals surface area (Å²) in [6.45, 7) is -0.0940. The summed E-state index contributed by atoms with van der Waals surface area (Å²) in [5, 5.41) is 0. The van der Waals surface area contributed by atoms with E-state index >= 15 is 0 Å². The SMILES string of the molecule is CN(C)S(=O)(=O)c1ccc(C(=O)N2CCC[C@H](C(F)(F)F)C2)cc1. The summed E-state index contributed by atoms with van der Waals surface area (Å²) in [6.07, 6.45) is -4.00. The molecule has 1 aromatic carbocycles. The molecular weight excluding hydrogens is 345 g/mol. The van der Waals surface area contributed by atoms with Gasteiger partial charge in [0, 0.05) is 32.7 Å². The van der Waals surface area contributed by atoms with Crippen molar-refractivity contribution in [2.24, 2.45) is 5.92 Å². The van der Waals surface area contributed by atoms with Crippen molar-refractivity contribution in [2.75, 3.05) is 27.2 Å². The predicted molar refractivity (Wildman–Crippen MR) is 82.0 cm³/mol. The molecule has 1 heterocycles. The number of carbonyl (C=O) groups excluding carboxylic acids is 1. The van der Waals surface area contributed by atoms with E-state index in [1.165, 1.54) is 43.3 Å². The molecule has 1 aromatic rings. The Labute approximate surface area is 139 Å². The summed E-state index contributed by atoms with van der Waals surface area (Å²) >= 11 is 0. The number of nitrogens with zero attached hydrogens (tertiary/aromatic N) is 2. The highest BCUT2D eigenvalue weighted by atomic mass is 32.2. The van der Waals surface area contributed by atoms with Crippen molar-refractivity contribution >= 4 is 15.9 Å². The number of likely N-dealkylation sites (tertiary alicyclic amines) is 1. The molecule has 1 atom stereocenters. The van der Waals surface area contributed by atoms with Crippen molar-refractivity contribution in [3.8, 4) is 0 Å². The van der Waals surface area contributed by atoms with Gasteiger partial charge < -0.3 is 4.90 Å². The maximum Gasteiger partial charge on any atom is 0.393 e. The third kappa shape index (κ3) is 3.89. The molecule has 1 saturated heterocycles. The number of carbonyl (C=O) groups is 1. The smallest absolute Gasteiger partial charge is 0.338 e. The molecule has 5 nitrogen and oxygen atoms in total. The van der Waals surface area contributed by atoms with E-state index in [4.69, 9.17) is 0 Å². The number of halogens is 3. The highest BCUT2D eigenvalue weighted by molar-refractivity contribution is 7.89. The zero-order valence-corrected chi connectivity index (χ0v) is 14.2. The number of rotatable bonds is 3. The van der Waals surface area contributed by atoms with E-state index in [0.29, 0.717) is 6.42 Å². The molecule has 0 saturated carbocycles. The van der Waals surface area contributed by atoms with Crippen molar-refractivity contribution in [1.82, 2.24) is 9.21 Å². The molecule has 0 aromatic heterocycles. The minimum atomic E-state index is -4.32. The van der Waals surface area contributed by atoms with E-state index in [1.807, 2.05) is 0 Å². The van der Waals surface area contributed by atoms with Crippen LogP contribution in [0.25, 0.3) is 0 Å². The van der Waals surface area contributed by atoms with E-state index in [0.717, 1.165) is 4.31 Å². The average Bonchev–Trinajstić information content (AvgIpc) is 2.53. The number of benzene rings is 1. The van der Waals surface area contributed by atoms with Gasteiger partial charge in [-0.2, -0.15) is 13.2 Å². The fourth-order valence-electron chi connectivity index (χ4n) is 2.59. The van der Waals surface area contributed by atoms with Gasteiger partial charge in [0.25, 0.3) is 5.91 Å². The zero-order chi connectivity index (χ0) is 18.1. The monoisotopic (exact) mass is 364 g/mol. The Balaban J connectivity index is 2.16. The van der Waals surface area contributed by atoms with Crippen LogP contribution in [0.15, 0.2) is 29.2 Å². The Morgan fingerprint density at radius 2 is 1.79 bits per heavy atom. The molecule has 0 bridgehead atoms. The topological polar surface area (TPSA) is 57.7 Å². The number of hydrogen-bond acceptors (Lipinski definition) is 3. The molecule has 1 amide bonds. The summed E-state index contributed by atoms with van der Waals surface area (Å²) < 4.78 is 63.5. The lowest BCUT2D eigenvalue weighted by Gasteiger charge is -2.33. The predicted octanol–water partition coefficient (Wildman–Crippen LogP) is 2.35. The van der Waals surface area contributed by atoms with Crippen LogP contribution in [0.5, 0.6) is 0 Å². The van der Waals surface area contributed by atoms with Gasteiger partial charge in [-0.25, -0.2) is 12.7 Å². The van der Waals surface area contributed by atoms with Gasteiger partial charge in [-0.05, 0) is 37.1 Å². The molecule has 24 heavy (non-hydrogen) atoms. The van der Waals surface area contributed by atoms with Gasteiger partial charge in [0.15, 0.2) is 0 Å². The molecule has 1 fully saturated rings. The highest BCUT2D eigenvalue weighted by Gasteiger charge is 2.42. The van der Waals surface area contributed by atoms with Crippen LogP contribution in [-0.2, 0) is 10.0 Å². The standard InChI is InChI=1S/C15H19F3N2O3S/c1-19(2)24(22,23)13-7-5-11(6-8-13)14(21)20-9-3-4-12(10-20)15(16,17)18/h5-8,12H,3-4,9-10H2,1-2H3/t12-/m0/s1. The number of amides is 1. The van der Waals surface area contributed by atoms with E-state index < -0.39 is 28.0 Å². The largest absolute Gasteiger partial charge is 0.393 e. The van der Waals surface area contributed by atoms with Crippen LogP contribution >= 0.6 is 0 Å². The molecule has 0 radical (unpaired) electrons. The Kier molecular flexibility index (Phi) is 5.24. The van der Waals surface area contributed by atoms with Crippen LogP contribution in [0.4, 0.5) is 13.2 Å². The van der Waals surface area contributed by atoms with Crippen molar-refractivity contribution in [3.63, 3.8) is 0 Å². The summed E-state index contributed by atoms with van der Waals surface area (Å²) in [7, 11) is -0.836. The first-order valence-electron chi connectivity index (χ1n) is 7.42. The van der Waals surface area contributed by atoms with Crippen molar-refractivity contribution in [3.05, 3.63) is 29.8 Å². The molecule has 2 rings (SSSR count). The normalized spacial score (nSPS) is 19.6. The summed E-state index contributed by atoms with van der Waals surface area (Å²) in [5.41, 5.74) is 0.176. The lowest BCUT2D eigenvalue weighted by atomic mass is 9.97. The van der Waals surface area contributed by atoms with Crippen LogP contribution in [-0.4, -0.2) is 56.9 Å². The molecule has 0 spiro atoms. The number of alkyl halides is 3. The number of piperidine rings is 1. The summed E-state index contributed by atoms with van der Waals surface area (Å²) in [5.74, 6) is -2.03. The first-order valence-corrected chi connectivity index (χ1v) is 8.86. The highest BCUT2D eigenvalue weighted by Crippen LogP contribution is 2.33. The van der Waals surface area contributed by atoms with E-state index in [2.05, 4.69) is 0 Å². The van der Waals surface area contributed by atoms with Gasteiger partial charge >= 0.3 is 6.18 Å². The molecule has 134 valence electrons. The summed E-state index contributed by atoms with van der Waals surface area (Å²) in [4.78, 5) is 13.6. The second kappa shape index (κ2) is 6.72. The minimum absolute atomic E-state index is 0.0211. The van der Waals surface area contributed by atoms with Crippen molar-refractivity contribution < 1.29 is 26.4 Å². The van der Waals surface area contributed by atoms with Gasteiger partial charge in [-0.3, -0.25) is 4.79 Å². The Hall–Kier alpha value is -1.61. The van der Waals surface area contributed by atoms with Crippen LogP contribution < -0.4 is 0 Å². The van der Waals surface area contributed by atoms with Crippen molar-refractivity contribution in [2.45, 2.75) is 23.9 Å². The molecule has 0 N–H and O–H groups in total. The van der Waals surface area contributed by atoms with Crippen LogP contribution in [0.3, 0.4) is 0 Å². The zero-order valence-electron chi connectivity index (χ0n) is 13.4. The molecule has 9 heteroatoms. The summed E-state index contributed by atoms with van der Waals surface area (Å²) in [6, 6.07) is 5.23. The van der Waals surface area contributed by atoms with Crippen molar-refractivity contribution in [1.29, 1.82) is 0 Å². The minimum Gasteiger partial charge on any atom is -0.338 e. The Bertz CT molecular complexity index is 700. The first kappa shape index (κ1) is 18.7. The van der Waals surface area contributed by atoms with Gasteiger partial charge in [-0.1, -0.05) is 0 Å². The first-order chi connectivity index (χ1) is 11.0. The lowest BCUT2D eigenvalue weighted by Crippen LogP contribution is -2.44. The molecule has 1 aliphatic heterocycles. The third-order valence-electron chi connectivity index (χ3n) is 4.05. The maximum atomic E-state index is 12.8. The van der Waals surface area contributed by atoms with E-state index in [9.17, 15) is 26.4 Å². The number of hydrogen-bond donors (Lipinski definition) is 0. The fourth-order valence-corrected chi connectivity index (χ4v) is 3.49. The quantitative estimate of drug-likeness (QED) is 0.827. The second-order valence-electron chi connectivity index (χ2n) is 5.94. The Morgan fingerprint density at radius 3 is 2.29 bits per heavy atom. The van der Waals surface area contributed by atoms with Gasteiger partial charge in [0.2, 0.25) is 10.0 Å². The van der Waals surface area contributed by atoms with E-state index in [-0.39, 0.29) is 30.0 Å².